The van der Waals surface area contributed by atoms with Gasteiger partial charge in [-0.1, -0.05) is 18.2 Å². The molecule has 0 aliphatic heterocycles. The minimum atomic E-state index is -3.55. The van der Waals surface area contributed by atoms with Crippen LogP contribution in [0.25, 0.3) is 0 Å². The van der Waals surface area contributed by atoms with E-state index in [1.54, 1.807) is 49.4 Å². The van der Waals surface area contributed by atoms with Crippen molar-refractivity contribution >= 4 is 31.6 Å². The quantitative estimate of drug-likeness (QED) is 0.882. The number of hydrogen-bond donors (Lipinski definition) is 1. The second-order valence-corrected chi connectivity index (χ2v) is 6.23. The minimum Gasteiger partial charge on any atom is -0.279 e. The fourth-order valence-corrected chi connectivity index (χ4v) is 3.09. The van der Waals surface area contributed by atoms with E-state index in [1.165, 1.54) is 0 Å². The van der Waals surface area contributed by atoms with Crippen LogP contribution >= 0.6 is 15.9 Å². The number of pyridine rings is 1. The van der Waals surface area contributed by atoms with Gasteiger partial charge in [-0.15, -0.1) is 0 Å². The molecule has 1 aromatic heterocycles. The van der Waals surface area contributed by atoms with Gasteiger partial charge in [-0.3, -0.25) is 4.72 Å². The Morgan fingerprint density at radius 3 is 2.44 bits per heavy atom. The Hall–Kier alpha value is -1.40. The summed E-state index contributed by atoms with van der Waals surface area (Å²) in [7, 11) is -3.55. The van der Waals surface area contributed by atoms with Crippen LogP contribution in [0, 0.1) is 6.92 Å². The predicted molar refractivity (Wildman–Crippen MR) is 73.9 cm³/mol. The zero-order valence-electron chi connectivity index (χ0n) is 9.59. The summed E-state index contributed by atoms with van der Waals surface area (Å²) in [5.41, 5.74) is 1.22. The summed E-state index contributed by atoms with van der Waals surface area (Å²) in [6, 6.07) is 11.5. The van der Waals surface area contributed by atoms with Gasteiger partial charge in [-0.2, -0.15) is 0 Å². The third-order valence-corrected chi connectivity index (χ3v) is 4.03. The number of benzene rings is 1. The first-order valence-corrected chi connectivity index (χ1v) is 7.47. The van der Waals surface area contributed by atoms with Gasteiger partial charge in [0.2, 0.25) is 0 Å². The highest BCUT2D eigenvalue weighted by atomic mass is 79.9. The number of aromatic nitrogens is 1. The topological polar surface area (TPSA) is 59.1 Å². The van der Waals surface area contributed by atoms with Crippen LogP contribution in [0.15, 0.2) is 52.0 Å². The number of halogens is 1. The van der Waals surface area contributed by atoms with Crippen LogP contribution in [-0.2, 0) is 10.0 Å². The summed E-state index contributed by atoms with van der Waals surface area (Å²) in [5, 5.41) is 0. The van der Waals surface area contributed by atoms with Crippen LogP contribution < -0.4 is 4.72 Å². The summed E-state index contributed by atoms with van der Waals surface area (Å²) in [6.07, 6.45) is 0. The molecule has 0 saturated carbocycles. The van der Waals surface area contributed by atoms with Crippen molar-refractivity contribution in [3.8, 4) is 0 Å². The Balaban J connectivity index is 2.34. The van der Waals surface area contributed by atoms with Gasteiger partial charge in [-0.05, 0) is 47.1 Å². The van der Waals surface area contributed by atoms with Crippen LogP contribution in [-0.4, -0.2) is 13.4 Å². The van der Waals surface area contributed by atoms with Gasteiger partial charge < -0.3 is 0 Å². The molecule has 1 N–H and O–H groups in total. The molecule has 0 atom stereocenters. The molecular formula is C12H11BrN2O2S. The van der Waals surface area contributed by atoms with Gasteiger partial charge in [-0.25, -0.2) is 13.4 Å². The van der Waals surface area contributed by atoms with E-state index >= 15 is 0 Å². The molecule has 0 saturated heterocycles. The van der Waals surface area contributed by atoms with E-state index in [2.05, 4.69) is 25.6 Å². The standard InChI is InChI=1S/C12H11BrN2O2S/c1-9-7-10(8-12(13)14-9)15-18(16,17)11-5-3-2-4-6-11/h2-8H,1H3,(H,14,15). The maximum atomic E-state index is 12.1. The summed E-state index contributed by atoms with van der Waals surface area (Å²) in [6.45, 7) is 1.80. The van der Waals surface area contributed by atoms with E-state index in [4.69, 9.17) is 0 Å². The maximum absolute atomic E-state index is 12.1. The first-order chi connectivity index (χ1) is 8.47. The Bertz CT molecular complexity index is 637. The van der Waals surface area contributed by atoms with Crippen molar-refractivity contribution in [2.45, 2.75) is 11.8 Å². The molecular weight excluding hydrogens is 316 g/mol. The van der Waals surface area contributed by atoms with Gasteiger partial charge in [0.1, 0.15) is 4.60 Å². The molecule has 18 heavy (non-hydrogen) atoms. The molecule has 94 valence electrons. The summed E-state index contributed by atoms with van der Waals surface area (Å²) >= 11 is 3.23. The van der Waals surface area contributed by atoms with Gasteiger partial charge >= 0.3 is 0 Å². The molecule has 0 amide bonds. The molecule has 6 heteroatoms. The van der Waals surface area contributed by atoms with Crippen LogP contribution in [0.2, 0.25) is 0 Å². The second kappa shape index (κ2) is 5.07. The van der Waals surface area contributed by atoms with Crippen molar-refractivity contribution in [1.82, 2.24) is 4.98 Å². The Morgan fingerprint density at radius 1 is 1.17 bits per heavy atom. The lowest BCUT2D eigenvalue weighted by atomic mass is 10.3. The smallest absolute Gasteiger partial charge is 0.261 e. The van der Waals surface area contributed by atoms with Crippen molar-refractivity contribution in [3.05, 3.63) is 52.8 Å². The summed E-state index contributed by atoms with van der Waals surface area (Å²) in [5.74, 6) is 0. The number of nitrogens with one attached hydrogen (secondary N) is 1. The van der Waals surface area contributed by atoms with Gasteiger partial charge in [0.05, 0.1) is 10.6 Å². The lowest BCUT2D eigenvalue weighted by molar-refractivity contribution is 0.601. The molecule has 0 radical (unpaired) electrons. The first-order valence-electron chi connectivity index (χ1n) is 5.19. The first kappa shape index (κ1) is 13.0. The average molecular weight is 327 g/mol. The van der Waals surface area contributed by atoms with E-state index in [9.17, 15) is 8.42 Å². The normalized spacial score (nSPS) is 11.2. The van der Waals surface area contributed by atoms with Crippen LogP contribution in [0.4, 0.5) is 5.69 Å². The fourth-order valence-electron chi connectivity index (χ4n) is 1.50. The van der Waals surface area contributed by atoms with E-state index in [1.807, 2.05) is 0 Å². The van der Waals surface area contributed by atoms with E-state index < -0.39 is 10.0 Å². The van der Waals surface area contributed by atoms with Crippen molar-refractivity contribution < 1.29 is 8.42 Å². The number of anilines is 1. The third-order valence-electron chi connectivity index (χ3n) is 2.23. The molecule has 1 heterocycles. The molecule has 0 aliphatic rings. The zero-order valence-corrected chi connectivity index (χ0v) is 12.0. The Labute approximate surface area is 114 Å². The lowest BCUT2D eigenvalue weighted by Gasteiger charge is -2.08. The van der Waals surface area contributed by atoms with E-state index in [0.29, 0.717) is 10.3 Å². The molecule has 0 fully saturated rings. The highest BCUT2D eigenvalue weighted by Crippen LogP contribution is 2.19. The lowest BCUT2D eigenvalue weighted by Crippen LogP contribution is -2.13. The third kappa shape index (κ3) is 3.08. The minimum absolute atomic E-state index is 0.232. The highest BCUT2D eigenvalue weighted by Gasteiger charge is 2.13. The maximum Gasteiger partial charge on any atom is 0.261 e. The Kier molecular flexibility index (Phi) is 3.68. The predicted octanol–water partition coefficient (Wildman–Crippen LogP) is 2.95. The molecule has 4 nitrogen and oxygen atoms in total. The molecule has 0 aliphatic carbocycles. The molecule has 0 unspecified atom stereocenters. The molecule has 2 aromatic rings. The highest BCUT2D eigenvalue weighted by molar-refractivity contribution is 9.10. The van der Waals surface area contributed by atoms with Gasteiger partial charge in [0.25, 0.3) is 10.0 Å². The molecule has 1 aromatic carbocycles. The van der Waals surface area contributed by atoms with Crippen LogP contribution in [0.1, 0.15) is 5.69 Å². The van der Waals surface area contributed by atoms with E-state index in [-0.39, 0.29) is 4.90 Å². The SMILES string of the molecule is Cc1cc(NS(=O)(=O)c2ccccc2)cc(Br)n1. The van der Waals surface area contributed by atoms with Crippen LogP contribution in [0.5, 0.6) is 0 Å². The summed E-state index contributed by atoms with van der Waals surface area (Å²) in [4.78, 5) is 4.35. The molecule has 0 spiro atoms. The number of sulfonamides is 1. The largest absolute Gasteiger partial charge is 0.279 e. The number of rotatable bonds is 3. The van der Waals surface area contributed by atoms with Crippen LogP contribution in [0.3, 0.4) is 0 Å². The van der Waals surface area contributed by atoms with Crippen molar-refractivity contribution in [2.75, 3.05) is 4.72 Å². The zero-order chi connectivity index (χ0) is 13.2. The van der Waals surface area contributed by atoms with Crippen molar-refractivity contribution in [3.63, 3.8) is 0 Å². The number of hydrogen-bond acceptors (Lipinski definition) is 3. The number of nitrogens with zero attached hydrogens (tertiary/aromatic N) is 1. The molecule has 2 rings (SSSR count). The van der Waals surface area contributed by atoms with Crippen molar-refractivity contribution in [2.24, 2.45) is 0 Å². The average Bonchev–Trinajstić information content (AvgIpc) is 2.28. The van der Waals surface area contributed by atoms with Crippen molar-refractivity contribution in [1.29, 1.82) is 0 Å². The summed E-state index contributed by atoms with van der Waals surface area (Å²) < 4.78 is 27.3. The number of aryl methyl sites for hydroxylation is 1. The fraction of sp³-hybridized carbons (Fsp3) is 0.0833. The van der Waals surface area contributed by atoms with E-state index in [0.717, 1.165) is 5.69 Å². The van der Waals surface area contributed by atoms with Gasteiger partial charge in [0, 0.05) is 5.69 Å². The second-order valence-electron chi connectivity index (χ2n) is 3.74. The monoisotopic (exact) mass is 326 g/mol. The Morgan fingerprint density at radius 2 is 1.83 bits per heavy atom. The molecule has 0 bridgehead atoms. The van der Waals surface area contributed by atoms with Gasteiger partial charge in [0.15, 0.2) is 0 Å².